The van der Waals surface area contributed by atoms with Crippen LogP contribution in [0.25, 0.3) is 16.6 Å². The topological polar surface area (TPSA) is 63.2 Å². The number of ether oxygens (including phenoxy) is 1. The number of nitrogens with one attached hydrogen (secondary N) is 1. The molecule has 140 valence electrons. The molecule has 1 N–H and O–H groups in total. The molecule has 5 rings (SSSR count). The number of carbonyl (C=O) groups excluding carboxylic acids is 1. The summed E-state index contributed by atoms with van der Waals surface area (Å²) in [6, 6.07) is 17.9. The van der Waals surface area contributed by atoms with E-state index in [2.05, 4.69) is 22.2 Å². The van der Waals surface area contributed by atoms with Crippen molar-refractivity contribution in [2.45, 2.75) is 13.0 Å². The molecule has 1 aliphatic rings. The van der Waals surface area contributed by atoms with Gasteiger partial charge in [-0.15, -0.1) is 0 Å². The number of nitrogens with zero attached hydrogens (tertiary/aromatic N) is 3. The zero-order valence-corrected chi connectivity index (χ0v) is 15.6. The van der Waals surface area contributed by atoms with Gasteiger partial charge in [0.15, 0.2) is 11.4 Å². The Morgan fingerprint density at radius 1 is 1.11 bits per heavy atom. The molecular weight excluding hydrogens is 352 g/mol. The van der Waals surface area contributed by atoms with Crippen molar-refractivity contribution in [3.8, 4) is 11.4 Å². The first-order chi connectivity index (χ1) is 13.7. The zero-order valence-electron chi connectivity index (χ0n) is 15.6. The van der Waals surface area contributed by atoms with E-state index in [0.29, 0.717) is 24.5 Å². The molecule has 3 heterocycles. The highest BCUT2D eigenvalue weighted by Gasteiger charge is 2.28. The Bertz CT molecular complexity index is 1160. The van der Waals surface area contributed by atoms with Gasteiger partial charge in [-0.1, -0.05) is 36.4 Å². The van der Waals surface area contributed by atoms with Gasteiger partial charge < -0.3 is 14.6 Å². The summed E-state index contributed by atoms with van der Waals surface area (Å²) in [6.45, 7) is 1.22. The third-order valence-corrected chi connectivity index (χ3v) is 5.29. The second kappa shape index (κ2) is 6.56. The fraction of sp³-hybridized carbons (Fsp3) is 0.182. The molecule has 2 aromatic carbocycles. The maximum Gasteiger partial charge on any atom is 0.278 e. The number of amides is 1. The van der Waals surface area contributed by atoms with Crippen molar-refractivity contribution in [2.24, 2.45) is 0 Å². The number of fused-ring (bicyclic) bond motifs is 3. The third-order valence-electron chi connectivity index (χ3n) is 5.29. The maximum atomic E-state index is 13.3. The van der Waals surface area contributed by atoms with Crippen LogP contribution in [-0.4, -0.2) is 39.2 Å². The van der Waals surface area contributed by atoms with Crippen LogP contribution in [0.5, 0.6) is 5.75 Å². The molecule has 0 atom stereocenters. The lowest BCUT2D eigenvalue weighted by molar-refractivity contribution is 0.0725. The minimum Gasteiger partial charge on any atom is -0.493 e. The Morgan fingerprint density at radius 2 is 1.89 bits per heavy atom. The Balaban J connectivity index is 1.48. The van der Waals surface area contributed by atoms with E-state index in [1.165, 1.54) is 16.6 Å². The Morgan fingerprint density at radius 3 is 2.71 bits per heavy atom. The van der Waals surface area contributed by atoms with E-state index in [4.69, 9.17) is 4.74 Å². The van der Waals surface area contributed by atoms with Crippen LogP contribution in [0.2, 0.25) is 0 Å². The number of benzene rings is 2. The molecule has 4 aromatic rings. The normalized spacial score (nSPS) is 13.5. The van der Waals surface area contributed by atoms with E-state index < -0.39 is 0 Å². The third kappa shape index (κ3) is 2.65. The number of para-hydroxylation sites is 2. The summed E-state index contributed by atoms with van der Waals surface area (Å²) >= 11 is 0. The van der Waals surface area contributed by atoms with Crippen LogP contribution in [0, 0.1) is 0 Å². The minimum atomic E-state index is -0.109. The Hall–Kier alpha value is -3.54. The van der Waals surface area contributed by atoms with Crippen LogP contribution in [0.3, 0.4) is 0 Å². The van der Waals surface area contributed by atoms with Gasteiger partial charge in [-0.05, 0) is 18.2 Å². The van der Waals surface area contributed by atoms with Gasteiger partial charge in [0.05, 0.1) is 19.0 Å². The number of H-pyrrole nitrogens is 1. The second-order valence-electron chi connectivity index (χ2n) is 6.93. The average Bonchev–Trinajstić information content (AvgIpc) is 3.35. The fourth-order valence-electron chi connectivity index (χ4n) is 3.86. The summed E-state index contributed by atoms with van der Waals surface area (Å²) in [6.07, 6.45) is 2.56. The van der Waals surface area contributed by atoms with Gasteiger partial charge >= 0.3 is 0 Å². The van der Waals surface area contributed by atoms with Crippen molar-refractivity contribution >= 4 is 16.8 Å². The minimum absolute atomic E-state index is 0.109. The average molecular weight is 372 g/mol. The van der Waals surface area contributed by atoms with Gasteiger partial charge in [-0.25, -0.2) is 4.68 Å². The van der Waals surface area contributed by atoms with Crippen molar-refractivity contribution < 1.29 is 9.53 Å². The summed E-state index contributed by atoms with van der Waals surface area (Å²) < 4.78 is 7.13. The number of methoxy groups -OCH3 is 1. The number of carbonyl (C=O) groups is 1. The summed E-state index contributed by atoms with van der Waals surface area (Å²) in [5.41, 5.74) is 4.75. The quantitative estimate of drug-likeness (QED) is 0.598. The predicted octanol–water partition coefficient (Wildman–Crippen LogP) is 3.56. The van der Waals surface area contributed by atoms with Gasteiger partial charge in [0.1, 0.15) is 0 Å². The fourth-order valence-corrected chi connectivity index (χ4v) is 3.86. The van der Waals surface area contributed by atoms with Gasteiger partial charge in [0.2, 0.25) is 0 Å². The summed E-state index contributed by atoms with van der Waals surface area (Å²) in [4.78, 5) is 18.6. The highest BCUT2D eigenvalue weighted by atomic mass is 16.5. The first kappa shape index (κ1) is 16.6. The van der Waals surface area contributed by atoms with Crippen LogP contribution < -0.4 is 4.74 Å². The predicted molar refractivity (Wildman–Crippen MR) is 107 cm³/mol. The van der Waals surface area contributed by atoms with E-state index in [-0.39, 0.29) is 5.91 Å². The van der Waals surface area contributed by atoms with E-state index in [1.807, 2.05) is 47.4 Å². The first-order valence-corrected chi connectivity index (χ1v) is 9.31. The van der Waals surface area contributed by atoms with Gasteiger partial charge in [-0.2, -0.15) is 5.10 Å². The molecule has 0 unspecified atom stereocenters. The molecule has 0 spiro atoms. The molecule has 0 bridgehead atoms. The van der Waals surface area contributed by atoms with E-state index in [9.17, 15) is 4.79 Å². The molecule has 1 aliphatic heterocycles. The Labute approximate surface area is 162 Å². The van der Waals surface area contributed by atoms with Crippen LogP contribution in [0.4, 0.5) is 0 Å². The van der Waals surface area contributed by atoms with Gasteiger partial charge in [0.25, 0.3) is 5.91 Å². The van der Waals surface area contributed by atoms with Crippen molar-refractivity contribution in [1.29, 1.82) is 0 Å². The standard InChI is InChI=1S/C22H20N4O2/c1-28-20-14-26(15-7-3-2-4-8-15)24-21(20)22(27)25-12-11-19-17(13-25)16-9-5-6-10-18(16)23-19/h2-10,14,23H,11-13H2,1H3. The highest BCUT2D eigenvalue weighted by molar-refractivity contribution is 5.95. The van der Waals surface area contributed by atoms with Crippen LogP contribution in [0.15, 0.2) is 60.8 Å². The van der Waals surface area contributed by atoms with Crippen molar-refractivity contribution in [3.05, 3.63) is 77.7 Å². The number of aromatic nitrogens is 3. The lowest BCUT2D eigenvalue weighted by atomic mass is 10.0. The molecular formula is C22H20N4O2. The summed E-state index contributed by atoms with van der Waals surface area (Å²) in [5.74, 6) is 0.376. The van der Waals surface area contributed by atoms with Crippen LogP contribution >= 0.6 is 0 Å². The zero-order chi connectivity index (χ0) is 19.1. The molecule has 0 fully saturated rings. The SMILES string of the molecule is COc1cn(-c2ccccc2)nc1C(=O)N1CCc2[nH]c3ccccc3c2C1. The van der Waals surface area contributed by atoms with Crippen molar-refractivity contribution in [3.63, 3.8) is 0 Å². The van der Waals surface area contributed by atoms with Crippen LogP contribution in [0.1, 0.15) is 21.7 Å². The molecule has 0 radical (unpaired) electrons. The largest absolute Gasteiger partial charge is 0.493 e. The summed E-state index contributed by atoms with van der Waals surface area (Å²) in [5, 5.41) is 5.70. The van der Waals surface area contributed by atoms with Crippen molar-refractivity contribution in [1.82, 2.24) is 19.7 Å². The number of rotatable bonds is 3. The molecule has 6 nitrogen and oxygen atoms in total. The molecule has 28 heavy (non-hydrogen) atoms. The lowest BCUT2D eigenvalue weighted by Crippen LogP contribution is -2.36. The molecule has 1 amide bonds. The second-order valence-corrected chi connectivity index (χ2v) is 6.93. The van der Waals surface area contributed by atoms with E-state index in [1.54, 1.807) is 18.0 Å². The first-order valence-electron chi connectivity index (χ1n) is 9.31. The van der Waals surface area contributed by atoms with Crippen molar-refractivity contribution in [2.75, 3.05) is 13.7 Å². The number of hydrogen-bond acceptors (Lipinski definition) is 3. The maximum absolute atomic E-state index is 13.3. The number of hydrogen-bond donors (Lipinski definition) is 1. The summed E-state index contributed by atoms with van der Waals surface area (Å²) in [7, 11) is 1.57. The molecule has 2 aromatic heterocycles. The smallest absolute Gasteiger partial charge is 0.278 e. The lowest BCUT2D eigenvalue weighted by Gasteiger charge is -2.26. The van der Waals surface area contributed by atoms with Gasteiger partial charge in [0, 0.05) is 41.7 Å². The molecule has 0 saturated heterocycles. The molecule has 6 heteroatoms. The Kier molecular flexibility index (Phi) is 3.90. The van der Waals surface area contributed by atoms with Gasteiger partial charge in [-0.3, -0.25) is 4.79 Å². The van der Waals surface area contributed by atoms with E-state index >= 15 is 0 Å². The monoisotopic (exact) mass is 372 g/mol. The van der Waals surface area contributed by atoms with Crippen LogP contribution in [-0.2, 0) is 13.0 Å². The molecule has 0 aliphatic carbocycles. The van der Waals surface area contributed by atoms with E-state index in [0.717, 1.165) is 17.6 Å². The number of aromatic amines is 1. The highest BCUT2D eigenvalue weighted by Crippen LogP contribution is 2.29. The molecule has 0 saturated carbocycles.